The van der Waals surface area contributed by atoms with Gasteiger partial charge in [-0.15, -0.1) is 0 Å². The molecule has 0 aromatic heterocycles. The molecule has 1 aromatic rings. The molecule has 1 aliphatic heterocycles. The predicted octanol–water partition coefficient (Wildman–Crippen LogP) is 2.87. The zero-order chi connectivity index (χ0) is 21.4. The van der Waals surface area contributed by atoms with E-state index in [9.17, 15) is 18.0 Å². The number of rotatable bonds is 11. The topological polar surface area (TPSA) is 90.0 Å². The summed E-state index contributed by atoms with van der Waals surface area (Å²) in [5, 5.41) is 0. The number of hydrogen-bond donors (Lipinski definition) is 0. The number of nitrogens with zero attached hydrogens (tertiary/aromatic N) is 1. The number of sulfone groups is 1. The van der Waals surface area contributed by atoms with Crippen LogP contribution in [-0.4, -0.2) is 62.8 Å². The Hall–Kier alpha value is -2.09. The summed E-state index contributed by atoms with van der Waals surface area (Å²) in [6, 6.07) is 4.79. The monoisotopic (exact) mass is 425 g/mol. The first-order valence-electron chi connectivity index (χ1n) is 10.1. The summed E-state index contributed by atoms with van der Waals surface area (Å²) in [7, 11) is -1.52. The third-order valence-corrected chi connectivity index (χ3v) is 6.84. The number of carbonyl (C=O) groups is 2. The second kappa shape index (κ2) is 10.6. The third-order valence-electron chi connectivity index (χ3n) is 5.08. The summed E-state index contributed by atoms with van der Waals surface area (Å²) >= 11 is 0. The number of Topliss-reactive ketones (excluding diaryl/α,β-unsaturated/α-hetero) is 1. The molecule has 8 heteroatoms. The lowest BCUT2D eigenvalue weighted by Gasteiger charge is -2.28. The maximum absolute atomic E-state index is 12.7. The van der Waals surface area contributed by atoms with Crippen molar-refractivity contribution in [2.45, 2.75) is 52.0 Å². The average Bonchev–Trinajstić information content (AvgIpc) is 3.04. The van der Waals surface area contributed by atoms with Crippen LogP contribution in [0, 0.1) is 0 Å². The molecule has 1 aliphatic rings. The molecule has 7 nitrogen and oxygen atoms in total. The highest BCUT2D eigenvalue weighted by molar-refractivity contribution is 7.91. The van der Waals surface area contributed by atoms with Gasteiger partial charge in [0.15, 0.2) is 27.1 Å². The van der Waals surface area contributed by atoms with Gasteiger partial charge in [-0.25, -0.2) is 8.42 Å². The Morgan fingerprint density at radius 1 is 1.21 bits per heavy atom. The number of unbranched alkanes of at least 4 members (excludes halogenated alkanes) is 1. The van der Waals surface area contributed by atoms with Gasteiger partial charge in [-0.2, -0.15) is 0 Å². The van der Waals surface area contributed by atoms with Gasteiger partial charge < -0.3 is 14.4 Å². The van der Waals surface area contributed by atoms with Crippen molar-refractivity contribution in [2.75, 3.05) is 31.8 Å². The number of hydrogen-bond acceptors (Lipinski definition) is 6. The Balaban J connectivity index is 1.89. The fraction of sp³-hybridized carbons (Fsp3) is 0.619. The van der Waals surface area contributed by atoms with E-state index >= 15 is 0 Å². The molecule has 1 amide bonds. The van der Waals surface area contributed by atoms with Crippen LogP contribution < -0.4 is 9.47 Å². The third kappa shape index (κ3) is 6.73. The van der Waals surface area contributed by atoms with E-state index in [1.807, 2.05) is 6.92 Å². The smallest absolute Gasteiger partial charge is 0.222 e. The zero-order valence-corrected chi connectivity index (χ0v) is 18.3. The lowest BCUT2D eigenvalue weighted by molar-refractivity contribution is -0.133. The molecule has 0 aliphatic carbocycles. The van der Waals surface area contributed by atoms with Crippen molar-refractivity contribution in [2.24, 2.45) is 0 Å². The van der Waals surface area contributed by atoms with Crippen LogP contribution in [0.2, 0.25) is 0 Å². The van der Waals surface area contributed by atoms with Crippen LogP contribution in [-0.2, 0) is 14.6 Å². The van der Waals surface area contributed by atoms with E-state index in [4.69, 9.17) is 9.47 Å². The minimum absolute atomic E-state index is 0.0250. The molecular formula is C21H31NO6S. The first kappa shape index (κ1) is 23.2. The number of amides is 1. The maximum atomic E-state index is 12.7. The van der Waals surface area contributed by atoms with Crippen molar-refractivity contribution in [3.05, 3.63) is 23.8 Å². The summed E-state index contributed by atoms with van der Waals surface area (Å²) in [5.41, 5.74) is 0.544. The van der Waals surface area contributed by atoms with E-state index in [1.165, 1.54) is 14.0 Å². The Bertz CT molecular complexity index is 820. The summed E-state index contributed by atoms with van der Waals surface area (Å²) in [6.07, 6.45) is 3.14. The summed E-state index contributed by atoms with van der Waals surface area (Å²) in [6.45, 7) is 4.45. The Kier molecular flexibility index (Phi) is 8.49. The van der Waals surface area contributed by atoms with Gasteiger partial charge in [-0.1, -0.05) is 13.3 Å². The standard InChI is InChI=1S/C21H31NO6S/c1-4-5-11-22(18-10-13-29(25,26)15-18)21(24)7-6-12-28-19-9-8-17(16(2)23)14-20(19)27-3/h8-9,14,18H,4-7,10-13,15H2,1-3H3. The molecule has 1 atom stereocenters. The highest BCUT2D eigenvalue weighted by atomic mass is 32.2. The van der Waals surface area contributed by atoms with Gasteiger partial charge in [-0.05, 0) is 44.4 Å². The minimum Gasteiger partial charge on any atom is -0.493 e. The second-order valence-corrected chi connectivity index (χ2v) is 9.60. The van der Waals surface area contributed by atoms with E-state index in [2.05, 4.69) is 0 Å². The predicted molar refractivity (Wildman–Crippen MR) is 111 cm³/mol. The molecule has 1 saturated heterocycles. The van der Waals surface area contributed by atoms with Crippen molar-refractivity contribution in [3.8, 4) is 11.5 Å². The van der Waals surface area contributed by atoms with Crippen molar-refractivity contribution in [1.29, 1.82) is 0 Å². The molecule has 1 heterocycles. The molecule has 1 unspecified atom stereocenters. The molecule has 1 fully saturated rings. The number of benzene rings is 1. The summed E-state index contributed by atoms with van der Waals surface area (Å²) < 4.78 is 34.6. The lowest BCUT2D eigenvalue weighted by atomic mass is 10.1. The number of ketones is 1. The molecule has 0 saturated carbocycles. The van der Waals surface area contributed by atoms with Crippen molar-refractivity contribution < 1.29 is 27.5 Å². The van der Waals surface area contributed by atoms with Gasteiger partial charge in [0, 0.05) is 24.6 Å². The van der Waals surface area contributed by atoms with Crippen LogP contribution >= 0.6 is 0 Å². The van der Waals surface area contributed by atoms with E-state index in [-0.39, 0.29) is 29.2 Å². The normalized spacial score (nSPS) is 17.7. The Labute approximate surface area is 173 Å². The number of methoxy groups -OCH3 is 1. The second-order valence-electron chi connectivity index (χ2n) is 7.37. The Morgan fingerprint density at radius 2 is 1.97 bits per heavy atom. The first-order chi connectivity index (χ1) is 13.8. The van der Waals surface area contributed by atoms with Crippen LogP contribution in [0.25, 0.3) is 0 Å². The lowest BCUT2D eigenvalue weighted by Crippen LogP contribution is -2.41. The molecule has 29 heavy (non-hydrogen) atoms. The molecule has 0 spiro atoms. The van der Waals surface area contributed by atoms with E-state index in [0.717, 1.165) is 12.8 Å². The quantitative estimate of drug-likeness (QED) is 0.400. The van der Waals surface area contributed by atoms with Gasteiger partial charge in [0.1, 0.15) is 0 Å². The molecule has 0 radical (unpaired) electrons. The molecule has 162 valence electrons. The van der Waals surface area contributed by atoms with Crippen LogP contribution in [0.1, 0.15) is 56.3 Å². The van der Waals surface area contributed by atoms with Gasteiger partial charge in [-0.3, -0.25) is 9.59 Å². The average molecular weight is 426 g/mol. The Morgan fingerprint density at radius 3 is 2.55 bits per heavy atom. The number of ether oxygens (including phenoxy) is 2. The molecule has 0 bridgehead atoms. The van der Waals surface area contributed by atoms with Gasteiger partial charge in [0.25, 0.3) is 0 Å². The molecule has 2 rings (SSSR count). The summed E-state index contributed by atoms with van der Waals surface area (Å²) in [5.74, 6) is 1.15. The minimum atomic E-state index is -3.03. The van der Waals surface area contributed by atoms with E-state index < -0.39 is 9.84 Å². The highest BCUT2D eigenvalue weighted by Gasteiger charge is 2.34. The van der Waals surface area contributed by atoms with Crippen LogP contribution in [0.3, 0.4) is 0 Å². The number of carbonyl (C=O) groups excluding carboxylic acids is 2. The fourth-order valence-electron chi connectivity index (χ4n) is 3.42. The largest absolute Gasteiger partial charge is 0.493 e. The molecular weight excluding hydrogens is 394 g/mol. The molecule has 1 aromatic carbocycles. The summed E-state index contributed by atoms with van der Waals surface area (Å²) in [4.78, 5) is 25.9. The van der Waals surface area contributed by atoms with Crippen LogP contribution in [0.4, 0.5) is 0 Å². The fourth-order valence-corrected chi connectivity index (χ4v) is 5.15. The molecule has 0 N–H and O–H groups in total. The maximum Gasteiger partial charge on any atom is 0.222 e. The van der Waals surface area contributed by atoms with Gasteiger partial charge >= 0.3 is 0 Å². The van der Waals surface area contributed by atoms with Gasteiger partial charge in [0.05, 0.1) is 25.2 Å². The van der Waals surface area contributed by atoms with Crippen molar-refractivity contribution in [3.63, 3.8) is 0 Å². The zero-order valence-electron chi connectivity index (χ0n) is 17.5. The van der Waals surface area contributed by atoms with Crippen LogP contribution in [0.5, 0.6) is 11.5 Å². The first-order valence-corrected chi connectivity index (χ1v) is 11.9. The van der Waals surface area contributed by atoms with Crippen molar-refractivity contribution in [1.82, 2.24) is 4.90 Å². The van der Waals surface area contributed by atoms with Crippen LogP contribution in [0.15, 0.2) is 18.2 Å². The van der Waals surface area contributed by atoms with E-state index in [1.54, 1.807) is 23.1 Å². The highest BCUT2D eigenvalue weighted by Crippen LogP contribution is 2.28. The van der Waals surface area contributed by atoms with E-state index in [0.29, 0.717) is 49.5 Å². The SMILES string of the molecule is CCCCN(C(=O)CCCOc1ccc(C(C)=O)cc1OC)C1CCS(=O)(=O)C1. The van der Waals surface area contributed by atoms with Crippen molar-refractivity contribution >= 4 is 21.5 Å². The van der Waals surface area contributed by atoms with Gasteiger partial charge in [0.2, 0.25) is 5.91 Å².